The highest BCUT2D eigenvalue weighted by Gasteiger charge is 2.21. The molecule has 5 nitrogen and oxygen atoms in total. The SMILES string of the molecule is CCN(c1c(CNC)c(C)nn1C)C(C)COC. The van der Waals surface area contributed by atoms with Crippen molar-refractivity contribution in [1.82, 2.24) is 15.1 Å². The van der Waals surface area contributed by atoms with Crippen molar-refractivity contribution in [2.75, 3.05) is 32.2 Å². The summed E-state index contributed by atoms with van der Waals surface area (Å²) in [5, 5.41) is 7.75. The van der Waals surface area contributed by atoms with Crippen LogP contribution in [0.4, 0.5) is 5.82 Å². The van der Waals surface area contributed by atoms with Crippen molar-refractivity contribution in [3.8, 4) is 0 Å². The molecule has 0 aliphatic heterocycles. The number of nitrogens with one attached hydrogen (secondary N) is 1. The second kappa shape index (κ2) is 6.75. The van der Waals surface area contributed by atoms with Gasteiger partial charge >= 0.3 is 0 Å². The number of anilines is 1. The summed E-state index contributed by atoms with van der Waals surface area (Å²) in [6.07, 6.45) is 0. The normalized spacial score (nSPS) is 12.8. The predicted molar refractivity (Wildman–Crippen MR) is 75.1 cm³/mol. The van der Waals surface area contributed by atoms with Crippen LogP contribution in [0.15, 0.2) is 0 Å². The molecule has 1 heterocycles. The minimum atomic E-state index is 0.338. The van der Waals surface area contributed by atoms with E-state index < -0.39 is 0 Å². The maximum absolute atomic E-state index is 5.27. The number of methoxy groups -OCH3 is 1. The molecule has 1 N–H and O–H groups in total. The van der Waals surface area contributed by atoms with E-state index in [0.717, 1.165) is 25.4 Å². The van der Waals surface area contributed by atoms with E-state index in [1.54, 1.807) is 7.11 Å². The van der Waals surface area contributed by atoms with Crippen molar-refractivity contribution < 1.29 is 4.74 Å². The largest absolute Gasteiger partial charge is 0.383 e. The van der Waals surface area contributed by atoms with Crippen LogP contribution in [-0.4, -0.2) is 43.1 Å². The van der Waals surface area contributed by atoms with Crippen LogP contribution in [0.5, 0.6) is 0 Å². The van der Waals surface area contributed by atoms with Gasteiger partial charge in [0.2, 0.25) is 0 Å². The molecule has 18 heavy (non-hydrogen) atoms. The number of ether oxygens (including phenoxy) is 1. The highest BCUT2D eigenvalue weighted by atomic mass is 16.5. The van der Waals surface area contributed by atoms with Crippen LogP contribution in [0.3, 0.4) is 0 Å². The van der Waals surface area contributed by atoms with Crippen LogP contribution in [-0.2, 0) is 18.3 Å². The van der Waals surface area contributed by atoms with E-state index in [0.29, 0.717) is 6.04 Å². The van der Waals surface area contributed by atoms with Crippen LogP contribution in [0.2, 0.25) is 0 Å². The fourth-order valence-corrected chi connectivity index (χ4v) is 2.43. The third-order valence-electron chi connectivity index (χ3n) is 3.22. The molecule has 0 saturated carbocycles. The number of nitrogens with zero attached hydrogens (tertiary/aromatic N) is 3. The maximum atomic E-state index is 5.27. The zero-order chi connectivity index (χ0) is 13.7. The molecule has 0 aromatic carbocycles. The Labute approximate surface area is 110 Å². The number of aromatic nitrogens is 2. The first kappa shape index (κ1) is 15.0. The van der Waals surface area contributed by atoms with E-state index in [2.05, 4.69) is 36.1 Å². The molecule has 1 rings (SSSR count). The molecule has 0 radical (unpaired) electrons. The van der Waals surface area contributed by atoms with Gasteiger partial charge in [-0.25, -0.2) is 0 Å². The van der Waals surface area contributed by atoms with Gasteiger partial charge in [0.1, 0.15) is 5.82 Å². The molecule has 1 unspecified atom stereocenters. The molecular weight excluding hydrogens is 228 g/mol. The Morgan fingerprint density at radius 3 is 2.67 bits per heavy atom. The zero-order valence-electron chi connectivity index (χ0n) is 12.4. The van der Waals surface area contributed by atoms with Crippen LogP contribution in [0.25, 0.3) is 0 Å². The van der Waals surface area contributed by atoms with Crippen LogP contribution >= 0.6 is 0 Å². The van der Waals surface area contributed by atoms with E-state index in [9.17, 15) is 0 Å². The van der Waals surface area contributed by atoms with Gasteiger partial charge in [0.25, 0.3) is 0 Å². The fourth-order valence-electron chi connectivity index (χ4n) is 2.43. The average Bonchev–Trinajstić information content (AvgIpc) is 2.58. The minimum Gasteiger partial charge on any atom is -0.383 e. The summed E-state index contributed by atoms with van der Waals surface area (Å²) in [7, 11) is 5.71. The first-order valence-corrected chi connectivity index (χ1v) is 6.49. The van der Waals surface area contributed by atoms with Crippen molar-refractivity contribution >= 4 is 5.82 Å². The number of rotatable bonds is 7. The Balaban J connectivity index is 3.11. The lowest BCUT2D eigenvalue weighted by Gasteiger charge is -2.30. The standard InChI is InChI=1S/C13H26N4O/c1-7-17(10(2)9-18-6)13-12(8-14-4)11(3)15-16(13)5/h10,14H,7-9H2,1-6H3. The van der Waals surface area contributed by atoms with Crippen molar-refractivity contribution in [3.63, 3.8) is 0 Å². The molecule has 0 aliphatic carbocycles. The molecule has 1 atom stereocenters. The Kier molecular flexibility index (Phi) is 5.62. The molecular formula is C13H26N4O. The quantitative estimate of drug-likeness (QED) is 0.796. The highest BCUT2D eigenvalue weighted by molar-refractivity contribution is 5.51. The topological polar surface area (TPSA) is 42.3 Å². The molecule has 1 aromatic rings. The molecule has 1 aromatic heterocycles. The summed E-state index contributed by atoms with van der Waals surface area (Å²) in [6, 6.07) is 0.338. The van der Waals surface area contributed by atoms with Crippen LogP contribution in [0.1, 0.15) is 25.1 Å². The molecule has 104 valence electrons. The fraction of sp³-hybridized carbons (Fsp3) is 0.769. The van der Waals surface area contributed by atoms with E-state index in [1.165, 1.54) is 11.4 Å². The predicted octanol–water partition coefficient (Wildman–Crippen LogP) is 1.31. The number of aryl methyl sites for hydroxylation is 2. The Morgan fingerprint density at radius 2 is 2.17 bits per heavy atom. The van der Waals surface area contributed by atoms with E-state index in [1.807, 2.05) is 18.8 Å². The molecule has 0 saturated heterocycles. The van der Waals surface area contributed by atoms with E-state index >= 15 is 0 Å². The van der Waals surface area contributed by atoms with Gasteiger partial charge < -0.3 is 15.0 Å². The smallest absolute Gasteiger partial charge is 0.131 e. The molecule has 0 aliphatic rings. The summed E-state index contributed by atoms with van der Waals surface area (Å²) < 4.78 is 7.24. The van der Waals surface area contributed by atoms with Crippen LogP contribution < -0.4 is 10.2 Å². The lowest BCUT2D eigenvalue weighted by atomic mass is 10.2. The van der Waals surface area contributed by atoms with Gasteiger partial charge in [-0.1, -0.05) is 0 Å². The molecule has 0 spiro atoms. The molecule has 0 bridgehead atoms. The van der Waals surface area contributed by atoms with Crippen molar-refractivity contribution in [2.45, 2.75) is 33.4 Å². The number of hydrogen-bond donors (Lipinski definition) is 1. The van der Waals surface area contributed by atoms with Crippen LogP contribution in [0, 0.1) is 6.92 Å². The monoisotopic (exact) mass is 254 g/mol. The maximum Gasteiger partial charge on any atom is 0.131 e. The Morgan fingerprint density at radius 1 is 1.50 bits per heavy atom. The van der Waals surface area contributed by atoms with Crippen molar-refractivity contribution in [1.29, 1.82) is 0 Å². The number of likely N-dealkylation sites (N-methyl/N-ethyl adjacent to an activating group) is 1. The van der Waals surface area contributed by atoms with Gasteiger partial charge in [-0.2, -0.15) is 5.10 Å². The van der Waals surface area contributed by atoms with Gasteiger partial charge in [-0.3, -0.25) is 4.68 Å². The minimum absolute atomic E-state index is 0.338. The Bertz CT molecular complexity index is 375. The second-order valence-corrected chi connectivity index (χ2v) is 4.63. The molecule has 0 fully saturated rings. The zero-order valence-corrected chi connectivity index (χ0v) is 12.4. The van der Waals surface area contributed by atoms with Gasteiger partial charge in [0, 0.05) is 32.8 Å². The van der Waals surface area contributed by atoms with Gasteiger partial charge in [0.15, 0.2) is 0 Å². The van der Waals surface area contributed by atoms with Gasteiger partial charge in [-0.15, -0.1) is 0 Å². The summed E-state index contributed by atoms with van der Waals surface area (Å²) in [5.41, 5.74) is 2.36. The van der Waals surface area contributed by atoms with Gasteiger partial charge in [0.05, 0.1) is 18.3 Å². The molecule has 5 heteroatoms. The van der Waals surface area contributed by atoms with Crippen molar-refractivity contribution in [3.05, 3.63) is 11.3 Å². The van der Waals surface area contributed by atoms with E-state index in [-0.39, 0.29) is 0 Å². The van der Waals surface area contributed by atoms with E-state index in [4.69, 9.17) is 4.74 Å². The summed E-state index contributed by atoms with van der Waals surface area (Å²) >= 11 is 0. The first-order valence-electron chi connectivity index (χ1n) is 6.49. The molecule has 0 amide bonds. The summed E-state index contributed by atoms with van der Waals surface area (Å²) in [4.78, 5) is 2.34. The number of hydrogen-bond acceptors (Lipinski definition) is 4. The average molecular weight is 254 g/mol. The lowest BCUT2D eigenvalue weighted by molar-refractivity contribution is 0.181. The van der Waals surface area contributed by atoms with Gasteiger partial charge in [-0.05, 0) is 27.8 Å². The Hall–Kier alpha value is -1.07. The third-order valence-corrected chi connectivity index (χ3v) is 3.22. The second-order valence-electron chi connectivity index (χ2n) is 4.63. The third kappa shape index (κ3) is 3.03. The highest BCUT2D eigenvalue weighted by Crippen LogP contribution is 2.24. The lowest BCUT2D eigenvalue weighted by Crippen LogP contribution is -2.38. The summed E-state index contributed by atoms with van der Waals surface area (Å²) in [5.74, 6) is 1.19. The summed E-state index contributed by atoms with van der Waals surface area (Å²) in [6.45, 7) is 8.91. The first-order chi connectivity index (χ1) is 8.56. The van der Waals surface area contributed by atoms with Crippen molar-refractivity contribution in [2.24, 2.45) is 7.05 Å².